The van der Waals surface area contributed by atoms with Crippen LogP contribution in [0, 0.1) is 18.8 Å². The molecule has 27 heavy (non-hydrogen) atoms. The first-order valence-corrected chi connectivity index (χ1v) is 9.91. The summed E-state index contributed by atoms with van der Waals surface area (Å²) in [5.41, 5.74) is 0.780. The maximum Gasteiger partial charge on any atom is 0.341 e. The van der Waals surface area contributed by atoms with Gasteiger partial charge in [-0.2, -0.15) is 0 Å². The summed E-state index contributed by atoms with van der Waals surface area (Å²) in [5.74, 6) is 0.159. The first kappa shape index (κ1) is 21.4. The fraction of sp³-hybridized carbons (Fsp3) is 0.632. The first-order valence-electron chi connectivity index (χ1n) is 9.09. The molecule has 2 unspecified atom stereocenters. The lowest BCUT2D eigenvalue weighted by atomic mass is 9.92. The number of carbonyl (C=O) groups is 3. The van der Waals surface area contributed by atoms with Gasteiger partial charge in [-0.25, -0.2) is 4.79 Å². The Kier molecular flexibility index (Phi) is 7.00. The van der Waals surface area contributed by atoms with Crippen LogP contribution in [0.25, 0.3) is 0 Å². The van der Waals surface area contributed by atoms with Gasteiger partial charge in [-0.15, -0.1) is 11.3 Å². The Morgan fingerprint density at radius 1 is 1.22 bits per heavy atom. The number of thiophene rings is 1. The average Bonchev–Trinajstić information content (AvgIpc) is 2.88. The van der Waals surface area contributed by atoms with Crippen LogP contribution in [-0.2, 0) is 9.53 Å². The van der Waals surface area contributed by atoms with Gasteiger partial charge < -0.3 is 15.0 Å². The van der Waals surface area contributed by atoms with E-state index in [1.54, 1.807) is 21.0 Å². The van der Waals surface area contributed by atoms with E-state index in [-0.39, 0.29) is 23.9 Å². The van der Waals surface area contributed by atoms with Gasteiger partial charge in [-0.1, -0.05) is 13.8 Å². The molecule has 1 aromatic rings. The van der Waals surface area contributed by atoms with E-state index in [0.717, 1.165) is 24.4 Å². The number of anilines is 1. The zero-order valence-corrected chi connectivity index (χ0v) is 17.7. The summed E-state index contributed by atoms with van der Waals surface area (Å²) in [6.45, 7) is 8.12. The zero-order valence-electron chi connectivity index (χ0n) is 16.9. The number of esters is 1. The van der Waals surface area contributed by atoms with E-state index >= 15 is 0 Å². The van der Waals surface area contributed by atoms with Gasteiger partial charge in [0, 0.05) is 27.2 Å². The van der Waals surface area contributed by atoms with Crippen LogP contribution < -0.4 is 5.32 Å². The van der Waals surface area contributed by atoms with Crippen molar-refractivity contribution in [2.45, 2.75) is 27.2 Å². The van der Waals surface area contributed by atoms with Crippen molar-refractivity contribution in [3.8, 4) is 0 Å². The monoisotopic (exact) mass is 395 g/mol. The Labute approximate surface area is 164 Å². The van der Waals surface area contributed by atoms with E-state index in [4.69, 9.17) is 4.74 Å². The quantitative estimate of drug-likeness (QED) is 0.775. The predicted octanol–water partition coefficient (Wildman–Crippen LogP) is 2.46. The molecule has 2 amide bonds. The van der Waals surface area contributed by atoms with Crippen molar-refractivity contribution >= 4 is 34.1 Å². The molecule has 2 atom stereocenters. The molecule has 0 radical (unpaired) electrons. The molecule has 150 valence electrons. The Morgan fingerprint density at radius 2 is 1.81 bits per heavy atom. The number of hydrogen-bond donors (Lipinski definition) is 1. The van der Waals surface area contributed by atoms with Gasteiger partial charge in [0.25, 0.3) is 5.91 Å². The third-order valence-electron chi connectivity index (χ3n) is 4.70. The molecule has 0 saturated carbocycles. The van der Waals surface area contributed by atoms with E-state index in [2.05, 4.69) is 24.1 Å². The third-order valence-corrected chi connectivity index (χ3v) is 5.90. The summed E-state index contributed by atoms with van der Waals surface area (Å²) in [4.78, 5) is 41.2. The average molecular weight is 396 g/mol. The highest BCUT2D eigenvalue weighted by Gasteiger charge is 2.28. The molecule has 8 heteroatoms. The van der Waals surface area contributed by atoms with Crippen molar-refractivity contribution in [2.24, 2.45) is 11.8 Å². The van der Waals surface area contributed by atoms with Crippen LogP contribution in [0.3, 0.4) is 0 Å². The molecule has 1 N–H and O–H groups in total. The second kappa shape index (κ2) is 8.84. The third kappa shape index (κ3) is 5.07. The van der Waals surface area contributed by atoms with Crippen LogP contribution in [0.15, 0.2) is 0 Å². The molecule has 1 aliphatic rings. The number of methoxy groups -OCH3 is 1. The highest BCUT2D eigenvalue weighted by atomic mass is 32.1. The second-order valence-electron chi connectivity index (χ2n) is 7.64. The van der Waals surface area contributed by atoms with Crippen molar-refractivity contribution in [2.75, 3.05) is 46.2 Å². The van der Waals surface area contributed by atoms with Crippen molar-refractivity contribution in [3.05, 3.63) is 16.0 Å². The van der Waals surface area contributed by atoms with Gasteiger partial charge in [0.1, 0.15) is 5.00 Å². The number of amides is 2. The van der Waals surface area contributed by atoms with Crippen molar-refractivity contribution < 1.29 is 19.1 Å². The number of ether oxygens (including phenoxy) is 1. The zero-order chi connectivity index (χ0) is 20.3. The van der Waals surface area contributed by atoms with Crippen molar-refractivity contribution in [1.29, 1.82) is 0 Å². The summed E-state index contributed by atoms with van der Waals surface area (Å²) in [6, 6.07) is 0. The molecular formula is C19H29N3O4S. The number of piperidine rings is 1. The minimum atomic E-state index is -0.558. The highest BCUT2D eigenvalue weighted by Crippen LogP contribution is 2.34. The van der Waals surface area contributed by atoms with E-state index < -0.39 is 5.97 Å². The molecule has 1 fully saturated rings. The van der Waals surface area contributed by atoms with Crippen molar-refractivity contribution in [3.63, 3.8) is 0 Å². The molecule has 1 aliphatic heterocycles. The summed E-state index contributed by atoms with van der Waals surface area (Å²) in [7, 11) is 4.58. The minimum absolute atomic E-state index is 0.188. The largest absolute Gasteiger partial charge is 0.465 e. The topological polar surface area (TPSA) is 79.0 Å². The van der Waals surface area contributed by atoms with E-state index in [1.807, 2.05) is 0 Å². The minimum Gasteiger partial charge on any atom is -0.465 e. The molecule has 1 aromatic heterocycles. The molecule has 0 spiro atoms. The van der Waals surface area contributed by atoms with E-state index in [9.17, 15) is 14.4 Å². The first-order chi connectivity index (χ1) is 12.6. The summed E-state index contributed by atoms with van der Waals surface area (Å²) < 4.78 is 4.85. The summed E-state index contributed by atoms with van der Waals surface area (Å²) in [5, 5.41) is 3.19. The summed E-state index contributed by atoms with van der Waals surface area (Å²) in [6.07, 6.45) is 1.17. The summed E-state index contributed by atoms with van der Waals surface area (Å²) >= 11 is 1.12. The van der Waals surface area contributed by atoms with Gasteiger partial charge in [-0.3, -0.25) is 14.5 Å². The fourth-order valence-corrected chi connectivity index (χ4v) is 4.88. The van der Waals surface area contributed by atoms with E-state index in [0.29, 0.717) is 27.3 Å². The maximum absolute atomic E-state index is 12.6. The number of nitrogens with one attached hydrogen (secondary N) is 1. The van der Waals surface area contributed by atoms with Gasteiger partial charge in [0.2, 0.25) is 5.91 Å². The molecule has 2 rings (SSSR count). The number of rotatable bonds is 5. The lowest BCUT2D eigenvalue weighted by Crippen LogP contribution is -2.42. The molecule has 1 saturated heterocycles. The number of likely N-dealkylation sites (tertiary alicyclic amines) is 1. The molecule has 7 nitrogen and oxygen atoms in total. The predicted molar refractivity (Wildman–Crippen MR) is 106 cm³/mol. The highest BCUT2D eigenvalue weighted by molar-refractivity contribution is 7.18. The molecule has 0 aliphatic carbocycles. The number of nitrogens with zero attached hydrogens (tertiary/aromatic N) is 2. The van der Waals surface area contributed by atoms with Crippen LogP contribution in [0.1, 0.15) is 45.9 Å². The van der Waals surface area contributed by atoms with Crippen molar-refractivity contribution in [1.82, 2.24) is 9.80 Å². The Bertz CT molecular complexity index is 719. The Morgan fingerprint density at radius 3 is 2.33 bits per heavy atom. The smallest absolute Gasteiger partial charge is 0.341 e. The van der Waals surface area contributed by atoms with Gasteiger partial charge in [0.15, 0.2) is 0 Å². The lowest BCUT2D eigenvalue weighted by molar-refractivity contribution is -0.117. The van der Waals surface area contributed by atoms with Crippen LogP contribution in [0.4, 0.5) is 5.00 Å². The van der Waals surface area contributed by atoms with Crippen LogP contribution in [0.2, 0.25) is 0 Å². The fourth-order valence-electron chi connectivity index (χ4n) is 3.65. The maximum atomic E-state index is 12.6. The normalized spacial score (nSPS) is 20.2. The molecule has 0 aromatic carbocycles. The molecular weight excluding hydrogens is 366 g/mol. The van der Waals surface area contributed by atoms with Crippen LogP contribution >= 0.6 is 11.3 Å². The van der Waals surface area contributed by atoms with Crippen LogP contribution in [-0.4, -0.2) is 68.4 Å². The molecule has 2 heterocycles. The second-order valence-corrected chi connectivity index (χ2v) is 8.66. The Balaban J connectivity index is 2.21. The van der Waals surface area contributed by atoms with E-state index in [1.165, 1.54) is 18.4 Å². The van der Waals surface area contributed by atoms with Gasteiger partial charge >= 0.3 is 5.97 Å². The SMILES string of the molecule is COC(=O)c1c(NC(=O)CN2CC(C)CC(C)C2)sc(C(=O)N(C)C)c1C. The van der Waals surface area contributed by atoms with Gasteiger partial charge in [0.05, 0.1) is 24.1 Å². The van der Waals surface area contributed by atoms with Gasteiger partial charge in [-0.05, 0) is 30.7 Å². The number of hydrogen-bond acceptors (Lipinski definition) is 6. The Hall–Kier alpha value is -1.93. The number of carbonyl (C=O) groups excluding carboxylic acids is 3. The standard InChI is InChI=1S/C19H29N3O4S/c1-11-7-12(2)9-22(8-11)10-14(23)20-17-15(19(25)26-6)13(3)16(27-17)18(24)21(4)5/h11-12H,7-10H2,1-6H3,(H,20,23). The van der Waals surface area contributed by atoms with Crippen LogP contribution in [0.5, 0.6) is 0 Å². The molecule has 0 bridgehead atoms. The lowest BCUT2D eigenvalue weighted by Gasteiger charge is -2.34.